The van der Waals surface area contributed by atoms with Crippen LogP contribution in [0.1, 0.15) is 33.6 Å². The second-order valence-electron chi connectivity index (χ2n) is 4.44. The van der Waals surface area contributed by atoms with E-state index in [2.05, 4.69) is 5.32 Å². The largest absolute Gasteiger partial charge is 0.481 e. The van der Waals surface area contributed by atoms with Crippen molar-refractivity contribution in [2.75, 3.05) is 6.54 Å². The van der Waals surface area contributed by atoms with Gasteiger partial charge in [-0.3, -0.25) is 9.59 Å². The highest BCUT2D eigenvalue weighted by molar-refractivity contribution is 5.79. The van der Waals surface area contributed by atoms with Crippen LogP contribution in [0.5, 0.6) is 0 Å². The molecule has 0 rings (SSSR count). The average molecular weight is 230 g/mol. The maximum atomic E-state index is 11.7. The van der Waals surface area contributed by atoms with Crippen LogP contribution in [0.4, 0.5) is 0 Å². The van der Waals surface area contributed by atoms with Crippen LogP contribution in [0.2, 0.25) is 0 Å². The van der Waals surface area contributed by atoms with Gasteiger partial charge in [-0.2, -0.15) is 0 Å². The summed E-state index contributed by atoms with van der Waals surface area (Å²) in [5.74, 6) is -1.08. The van der Waals surface area contributed by atoms with Crippen molar-refractivity contribution in [1.29, 1.82) is 0 Å². The summed E-state index contributed by atoms with van der Waals surface area (Å²) < 4.78 is 0. The lowest BCUT2D eigenvalue weighted by Crippen LogP contribution is -2.42. The molecule has 0 bridgehead atoms. The summed E-state index contributed by atoms with van der Waals surface area (Å²) in [5, 5.41) is 11.5. The van der Waals surface area contributed by atoms with Crippen LogP contribution in [-0.4, -0.2) is 29.6 Å². The fourth-order valence-corrected chi connectivity index (χ4v) is 1.35. The first-order chi connectivity index (χ1) is 7.38. The molecule has 0 fully saturated rings. The third kappa shape index (κ3) is 5.70. The summed E-state index contributed by atoms with van der Waals surface area (Å²) in [6.07, 6.45) is 0.572. The minimum Gasteiger partial charge on any atom is -0.481 e. The van der Waals surface area contributed by atoms with Crippen molar-refractivity contribution in [2.45, 2.75) is 39.7 Å². The molecule has 0 saturated carbocycles. The van der Waals surface area contributed by atoms with E-state index in [0.29, 0.717) is 13.0 Å². The molecule has 2 unspecified atom stereocenters. The van der Waals surface area contributed by atoms with E-state index in [9.17, 15) is 9.59 Å². The number of carboxylic acids is 1. The molecule has 0 aromatic carbocycles. The molecule has 2 atom stereocenters. The van der Waals surface area contributed by atoms with Gasteiger partial charge in [-0.25, -0.2) is 0 Å². The van der Waals surface area contributed by atoms with Crippen molar-refractivity contribution in [3.8, 4) is 0 Å². The highest BCUT2D eigenvalue weighted by Crippen LogP contribution is 2.08. The maximum absolute atomic E-state index is 11.7. The molecule has 0 aliphatic carbocycles. The van der Waals surface area contributed by atoms with Gasteiger partial charge in [0, 0.05) is 12.0 Å². The Morgan fingerprint density at radius 1 is 1.31 bits per heavy atom. The quantitative estimate of drug-likeness (QED) is 0.596. The summed E-state index contributed by atoms with van der Waals surface area (Å²) in [7, 11) is 0. The van der Waals surface area contributed by atoms with Crippen molar-refractivity contribution < 1.29 is 14.7 Å². The highest BCUT2D eigenvalue weighted by Gasteiger charge is 2.21. The van der Waals surface area contributed by atoms with Crippen LogP contribution >= 0.6 is 0 Å². The second kappa shape index (κ2) is 7.22. The first-order valence-electron chi connectivity index (χ1n) is 5.60. The van der Waals surface area contributed by atoms with E-state index in [4.69, 9.17) is 10.8 Å². The van der Waals surface area contributed by atoms with Gasteiger partial charge in [-0.1, -0.05) is 20.8 Å². The summed E-state index contributed by atoms with van der Waals surface area (Å²) in [6, 6.07) is -0.315. The van der Waals surface area contributed by atoms with E-state index in [0.717, 1.165) is 0 Å². The molecule has 0 aliphatic rings. The molecule has 0 aromatic heterocycles. The number of aliphatic carboxylic acids is 1. The first-order valence-corrected chi connectivity index (χ1v) is 5.60. The molecule has 0 aliphatic heterocycles. The Hall–Kier alpha value is -1.10. The number of carbonyl (C=O) groups excluding carboxylic acids is 1. The Balaban J connectivity index is 4.28. The molecule has 5 nitrogen and oxygen atoms in total. The van der Waals surface area contributed by atoms with Crippen molar-refractivity contribution >= 4 is 11.9 Å². The number of rotatable bonds is 7. The number of amides is 1. The SMILES string of the molecule is CC(CCN)C(=O)NC(CC(=O)O)C(C)C. The van der Waals surface area contributed by atoms with Gasteiger partial charge < -0.3 is 16.2 Å². The Morgan fingerprint density at radius 2 is 1.88 bits per heavy atom. The van der Waals surface area contributed by atoms with Crippen LogP contribution in [0.3, 0.4) is 0 Å². The van der Waals surface area contributed by atoms with Crippen molar-refractivity contribution in [3.05, 3.63) is 0 Å². The van der Waals surface area contributed by atoms with Gasteiger partial charge in [-0.15, -0.1) is 0 Å². The molecule has 0 aromatic rings. The van der Waals surface area contributed by atoms with Gasteiger partial charge in [0.25, 0.3) is 0 Å². The molecule has 1 amide bonds. The van der Waals surface area contributed by atoms with Gasteiger partial charge in [-0.05, 0) is 18.9 Å². The van der Waals surface area contributed by atoms with Crippen LogP contribution in [0, 0.1) is 11.8 Å². The minimum atomic E-state index is -0.898. The van der Waals surface area contributed by atoms with Crippen molar-refractivity contribution in [1.82, 2.24) is 5.32 Å². The molecule has 0 heterocycles. The zero-order valence-electron chi connectivity index (χ0n) is 10.2. The highest BCUT2D eigenvalue weighted by atomic mass is 16.4. The maximum Gasteiger partial charge on any atom is 0.305 e. The Bertz CT molecular complexity index is 241. The van der Waals surface area contributed by atoms with E-state index in [1.54, 1.807) is 6.92 Å². The van der Waals surface area contributed by atoms with Gasteiger partial charge >= 0.3 is 5.97 Å². The van der Waals surface area contributed by atoms with Gasteiger partial charge in [0.05, 0.1) is 6.42 Å². The zero-order valence-corrected chi connectivity index (χ0v) is 10.2. The van der Waals surface area contributed by atoms with Crippen LogP contribution in [-0.2, 0) is 9.59 Å². The van der Waals surface area contributed by atoms with E-state index >= 15 is 0 Å². The lowest BCUT2D eigenvalue weighted by atomic mass is 9.99. The van der Waals surface area contributed by atoms with Gasteiger partial charge in [0.1, 0.15) is 0 Å². The standard InChI is InChI=1S/C11H22N2O3/c1-7(2)9(6-10(14)15)13-11(16)8(3)4-5-12/h7-9H,4-6,12H2,1-3H3,(H,13,16)(H,14,15). The topological polar surface area (TPSA) is 92.4 Å². The third-order valence-electron chi connectivity index (χ3n) is 2.57. The Kier molecular flexibility index (Phi) is 6.72. The minimum absolute atomic E-state index is 0.0429. The Labute approximate surface area is 96.4 Å². The monoisotopic (exact) mass is 230 g/mol. The lowest BCUT2D eigenvalue weighted by molar-refractivity contribution is -0.138. The van der Waals surface area contributed by atoms with Gasteiger partial charge in [0.15, 0.2) is 0 Å². The smallest absolute Gasteiger partial charge is 0.305 e. The number of hydrogen-bond donors (Lipinski definition) is 3. The number of carbonyl (C=O) groups is 2. The number of hydrogen-bond acceptors (Lipinski definition) is 3. The molecule has 16 heavy (non-hydrogen) atoms. The fourth-order valence-electron chi connectivity index (χ4n) is 1.35. The van der Waals surface area contributed by atoms with Gasteiger partial charge in [0.2, 0.25) is 5.91 Å². The normalized spacial score (nSPS) is 14.6. The molecule has 94 valence electrons. The molecule has 4 N–H and O–H groups in total. The third-order valence-corrected chi connectivity index (χ3v) is 2.57. The first kappa shape index (κ1) is 14.9. The summed E-state index contributed by atoms with van der Waals surface area (Å²) >= 11 is 0. The van der Waals surface area contributed by atoms with Crippen molar-refractivity contribution in [2.24, 2.45) is 17.6 Å². The second-order valence-corrected chi connectivity index (χ2v) is 4.44. The molecular formula is C11H22N2O3. The molecule has 0 saturated heterocycles. The lowest BCUT2D eigenvalue weighted by Gasteiger charge is -2.22. The average Bonchev–Trinajstić information content (AvgIpc) is 2.16. The van der Waals surface area contributed by atoms with E-state index in [1.165, 1.54) is 0 Å². The molecule has 0 radical (unpaired) electrons. The van der Waals surface area contributed by atoms with E-state index < -0.39 is 5.97 Å². The summed E-state index contributed by atoms with van der Waals surface area (Å²) in [6.45, 7) is 6.03. The van der Waals surface area contributed by atoms with Crippen molar-refractivity contribution in [3.63, 3.8) is 0 Å². The number of nitrogens with two attached hydrogens (primary N) is 1. The summed E-state index contributed by atoms with van der Waals surface area (Å²) in [4.78, 5) is 22.3. The Morgan fingerprint density at radius 3 is 2.25 bits per heavy atom. The molecule has 5 heteroatoms. The molecular weight excluding hydrogens is 208 g/mol. The predicted molar refractivity (Wildman–Crippen MR) is 61.9 cm³/mol. The number of nitrogens with one attached hydrogen (secondary N) is 1. The van der Waals surface area contributed by atoms with Crippen LogP contribution in [0.25, 0.3) is 0 Å². The van der Waals surface area contributed by atoms with Crippen LogP contribution < -0.4 is 11.1 Å². The fraction of sp³-hybridized carbons (Fsp3) is 0.818. The number of carboxylic acid groups (broad SMARTS) is 1. The van der Waals surface area contributed by atoms with E-state index in [1.807, 2.05) is 13.8 Å². The summed E-state index contributed by atoms with van der Waals surface area (Å²) in [5.41, 5.74) is 5.36. The zero-order chi connectivity index (χ0) is 12.7. The van der Waals surface area contributed by atoms with E-state index in [-0.39, 0.29) is 30.2 Å². The predicted octanol–water partition coefficient (Wildman–Crippen LogP) is 0.587. The molecule has 0 spiro atoms. The van der Waals surface area contributed by atoms with Crippen LogP contribution in [0.15, 0.2) is 0 Å².